The Hall–Kier alpha value is -0.970. The zero-order valence-corrected chi connectivity index (χ0v) is 10.2. The molecule has 2 heterocycles. The molecule has 17 heavy (non-hydrogen) atoms. The number of halogens is 1. The van der Waals surface area contributed by atoms with E-state index in [4.69, 9.17) is 11.6 Å². The topological polar surface area (TPSA) is 47.5 Å². The number of rotatable bonds is 1. The van der Waals surface area contributed by atoms with Crippen LogP contribution in [0.5, 0.6) is 0 Å². The molecule has 1 saturated heterocycles. The maximum Gasteiger partial charge on any atom is 0.205 e. The summed E-state index contributed by atoms with van der Waals surface area (Å²) in [6.07, 6.45) is 1.48. The molecule has 92 valence electrons. The van der Waals surface area contributed by atoms with Crippen molar-refractivity contribution in [3.8, 4) is 0 Å². The van der Waals surface area contributed by atoms with Crippen molar-refractivity contribution >= 4 is 23.0 Å². The van der Waals surface area contributed by atoms with E-state index in [0.717, 1.165) is 37.3 Å². The Balaban J connectivity index is 1.90. The van der Waals surface area contributed by atoms with Gasteiger partial charge in [-0.05, 0) is 44.1 Å². The van der Waals surface area contributed by atoms with Crippen molar-refractivity contribution in [1.29, 1.82) is 0 Å². The Bertz CT molecular complexity index is 420. The van der Waals surface area contributed by atoms with Crippen LogP contribution in [-0.2, 0) is 0 Å². The summed E-state index contributed by atoms with van der Waals surface area (Å²) in [5, 5.41) is 17.2. The van der Waals surface area contributed by atoms with Crippen molar-refractivity contribution in [2.45, 2.75) is 25.2 Å². The Kier molecular flexibility index (Phi) is 2.86. The molecule has 0 amide bonds. The molecule has 0 aliphatic carbocycles. The van der Waals surface area contributed by atoms with Gasteiger partial charge in [0.2, 0.25) is 6.35 Å². The molecule has 3 N–H and O–H groups in total. The lowest BCUT2D eigenvalue weighted by atomic mass is 10.0. The van der Waals surface area contributed by atoms with Gasteiger partial charge in [-0.2, -0.15) is 0 Å². The van der Waals surface area contributed by atoms with Gasteiger partial charge in [0.15, 0.2) is 0 Å². The van der Waals surface area contributed by atoms with Gasteiger partial charge in [-0.25, -0.2) is 0 Å². The van der Waals surface area contributed by atoms with E-state index >= 15 is 0 Å². The average molecular weight is 254 g/mol. The molecule has 5 heteroatoms. The second-order valence-electron chi connectivity index (χ2n) is 4.57. The van der Waals surface area contributed by atoms with Gasteiger partial charge in [0, 0.05) is 11.1 Å². The standard InChI is InChI=1S/C12H16ClN3O/c13-8-1-2-11-10(7-8)15-12(17)16(11)9-3-5-14-6-4-9/h1-2,7,9,12,14-15,17H,3-6H2. The minimum absolute atomic E-state index is 0.390. The molecule has 1 atom stereocenters. The Morgan fingerprint density at radius 1 is 1.29 bits per heavy atom. The molecule has 1 aromatic carbocycles. The van der Waals surface area contributed by atoms with Crippen LogP contribution >= 0.6 is 11.6 Å². The zero-order chi connectivity index (χ0) is 11.8. The maximum atomic E-state index is 10.1. The van der Waals surface area contributed by atoms with E-state index in [9.17, 15) is 5.11 Å². The van der Waals surface area contributed by atoms with Gasteiger partial charge < -0.3 is 20.6 Å². The summed E-state index contributed by atoms with van der Waals surface area (Å²) >= 11 is 5.95. The van der Waals surface area contributed by atoms with Gasteiger partial charge in [-0.15, -0.1) is 0 Å². The number of nitrogens with one attached hydrogen (secondary N) is 2. The molecule has 1 aromatic rings. The first kappa shape index (κ1) is 11.1. The van der Waals surface area contributed by atoms with Crippen molar-refractivity contribution in [3.05, 3.63) is 23.2 Å². The van der Waals surface area contributed by atoms with Crippen LogP contribution in [0.15, 0.2) is 18.2 Å². The normalized spacial score (nSPS) is 24.6. The van der Waals surface area contributed by atoms with Crippen molar-refractivity contribution in [3.63, 3.8) is 0 Å². The van der Waals surface area contributed by atoms with Crippen molar-refractivity contribution in [1.82, 2.24) is 5.32 Å². The highest BCUT2D eigenvalue weighted by Gasteiger charge is 2.33. The fraction of sp³-hybridized carbons (Fsp3) is 0.500. The number of anilines is 2. The van der Waals surface area contributed by atoms with E-state index < -0.39 is 6.35 Å². The third-order valence-electron chi connectivity index (χ3n) is 3.49. The number of piperidine rings is 1. The summed E-state index contributed by atoms with van der Waals surface area (Å²) in [6, 6.07) is 6.10. The lowest BCUT2D eigenvalue weighted by Crippen LogP contribution is -2.48. The first-order valence-electron chi connectivity index (χ1n) is 5.99. The quantitative estimate of drug-likeness (QED) is 0.712. The van der Waals surface area contributed by atoms with Gasteiger partial charge in [0.1, 0.15) is 0 Å². The van der Waals surface area contributed by atoms with Gasteiger partial charge >= 0.3 is 0 Å². The van der Waals surface area contributed by atoms with E-state index in [-0.39, 0.29) is 0 Å². The van der Waals surface area contributed by atoms with Crippen LogP contribution in [0.3, 0.4) is 0 Å². The highest BCUT2D eigenvalue weighted by Crippen LogP contribution is 2.38. The van der Waals surface area contributed by atoms with Gasteiger partial charge in [0.05, 0.1) is 11.4 Å². The number of aliphatic hydroxyl groups is 1. The van der Waals surface area contributed by atoms with Gasteiger partial charge in [-0.1, -0.05) is 11.6 Å². The summed E-state index contributed by atoms with van der Waals surface area (Å²) in [4.78, 5) is 2.06. The van der Waals surface area contributed by atoms with Crippen LogP contribution in [0.25, 0.3) is 0 Å². The van der Waals surface area contributed by atoms with E-state index in [2.05, 4.69) is 15.5 Å². The largest absolute Gasteiger partial charge is 0.356 e. The highest BCUT2D eigenvalue weighted by molar-refractivity contribution is 6.31. The number of hydrogen-bond acceptors (Lipinski definition) is 4. The molecule has 2 aliphatic rings. The maximum absolute atomic E-state index is 10.1. The molecule has 0 bridgehead atoms. The third-order valence-corrected chi connectivity index (χ3v) is 3.72. The molecule has 1 fully saturated rings. The number of nitrogens with zero attached hydrogens (tertiary/aromatic N) is 1. The summed E-state index contributed by atoms with van der Waals surface area (Å²) in [6.45, 7) is 2.02. The average Bonchev–Trinajstić information content (AvgIpc) is 2.65. The SMILES string of the molecule is OC1Nc2cc(Cl)ccc2N1C1CCNCC1. The van der Waals surface area contributed by atoms with Crippen LogP contribution in [0.2, 0.25) is 5.02 Å². The molecule has 0 spiro atoms. The summed E-state index contributed by atoms with van der Waals surface area (Å²) < 4.78 is 0. The van der Waals surface area contributed by atoms with Crippen molar-refractivity contribution in [2.75, 3.05) is 23.3 Å². The molecule has 1 unspecified atom stereocenters. The lowest BCUT2D eigenvalue weighted by Gasteiger charge is -2.35. The van der Waals surface area contributed by atoms with Crippen LogP contribution < -0.4 is 15.5 Å². The highest BCUT2D eigenvalue weighted by atomic mass is 35.5. The van der Waals surface area contributed by atoms with Crippen LogP contribution in [0.4, 0.5) is 11.4 Å². The smallest absolute Gasteiger partial charge is 0.205 e. The van der Waals surface area contributed by atoms with E-state index in [1.165, 1.54) is 0 Å². The van der Waals surface area contributed by atoms with E-state index in [1.807, 2.05) is 18.2 Å². The minimum atomic E-state index is -0.633. The summed E-state index contributed by atoms with van der Waals surface area (Å²) in [7, 11) is 0. The van der Waals surface area contributed by atoms with Crippen LogP contribution in [0, 0.1) is 0 Å². The predicted octanol–water partition coefficient (Wildman–Crippen LogP) is 1.60. The molecular formula is C12H16ClN3O. The Morgan fingerprint density at radius 2 is 2.06 bits per heavy atom. The van der Waals surface area contributed by atoms with Gasteiger partial charge in [0.25, 0.3) is 0 Å². The summed E-state index contributed by atoms with van der Waals surface area (Å²) in [5.41, 5.74) is 1.97. The second kappa shape index (κ2) is 4.37. The number of fused-ring (bicyclic) bond motifs is 1. The number of benzene rings is 1. The Labute approximate surface area is 106 Å². The van der Waals surface area contributed by atoms with Crippen LogP contribution in [-0.4, -0.2) is 30.6 Å². The molecule has 3 rings (SSSR count). The molecule has 4 nitrogen and oxygen atoms in total. The number of hydrogen-bond donors (Lipinski definition) is 3. The minimum Gasteiger partial charge on any atom is -0.356 e. The molecule has 0 radical (unpaired) electrons. The van der Waals surface area contributed by atoms with E-state index in [0.29, 0.717) is 11.1 Å². The molecular weight excluding hydrogens is 238 g/mol. The Morgan fingerprint density at radius 3 is 2.82 bits per heavy atom. The second-order valence-corrected chi connectivity index (χ2v) is 5.00. The van der Waals surface area contributed by atoms with Crippen LogP contribution in [0.1, 0.15) is 12.8 Å². The fourth-order valence-electron chi connectivity index (χ4n) is 2.67. The monoisotopic (exact) mass is 253 g/mol. The lowest BCUT2D eigenvalue weighted by molar-refractivity contribution is 0.184. The summed E-state index contributed by atoms with van der Waals surface area (Å²) in [5.74, 6) is 0. The zero-order valence-electron chi connectivity index (χ0n) is 9.49. The predicted molar refractivity (Wildman–Crippen MR) is 69.5 cm³/mol. The van der Waals surface area contributed by atoms with Gasteiger partial charge in [-0.3, -0.25) is 0 Å². The van der Waals surface area contributed by atoms with E-state index in [1.54, 1.807) is 0 Å². The van der Waals surface area contributed by atoms with Crippen molar-refractivity contribution < 1.29 is 5.11 Å². The molecule has 0 saturated carbocycles. The molecule has 0 aromatic heterocycles. The third kappa shape index (κ3) is 1.97. The molecule has 2 aliphatic heterocycles. The first-order chi connectivity index (χ1) is 8.25. The number of aliphatic hydroxyl groups excluding tert-OH is 1. The fourth-order valence-corrected chi connectivity index (χ4v) is 2.84. The first-order valence-corrected chi connectivity index (χ1v) is 6.37. The van der Waals surface area contributed by atoms with Crippen molar-refractivity contribution in [2.24, 2.45) is 0 Å².